The van der Waals surface area contributed by atoms with Crippen molar-refractivity contribution in [3.8, 4) is 6.07 Å². The summed E-state index contributed by atoms with van der Waals surface area (Å²) < 4.78 is 4.61. The second-order valence-electron chi connectivity index (χ2n) is 3.21. The van der Waals surface area contributed by atoms with Crippen LogP contribution in [0.3, 0.4) is 0 Å². The monoisotopic (exact) mass is 211 g/mol. The highest BCUT2D eigenvalue weighted by atomic mass is 35.5. The van der Waals surface area contributed by atoms with Gasteiger partial charge in [-0.25, -0.2) is 0 Å². The van der Waals surface area contributed by atoms with Crippen LogP contribution in [0.15, 0.2) is 23.3 Å². The fourth-order valence-corrected chi connectivity index (χ4v) is 1.56. The number of rotatable bonds is 1. The zero-order chi connectivity index (χ0) is 10.8. The van der Waals surface area contributed by atoms with E-state index in [-0.39, 0.29) is 0 Å². The van der Waals surface area contributed by atoms with Gasteiger partial charge in [0.15, 0.2) is 0 Å². The lowest BCUT2D eigenvalue weighted by molar-refractivity contribution is -0.145. The molecule has 0 saturated heterocycles. The van der Waals surface area contributed by atoms with Gasteiger partial charge in [0.25, 0.3) is 0 Å². The van der Waals surface area contributed by atoms with Gasteiger partial charge in [0, 0.05) is 5.03 Å². The van der Waals surface area contributed by atoms with Crippen molar-refractivity contribution in [1.82, 2.24) is 0 Å². The number of allylic oxidation sites excluding steroid dienone is 3. The molecular weight excluding hydrogens is 202 g/mol. The smallest absolute Gasteiger partial charge is 0.314 e. The normalized spacial score (nSPS) is 30.4. The second kappa shape index (κ2) is 3.85. The van der Waals surface area contributed by atoms with Crippen molar-refractivity contribution in [2.45, 2.75) is 6.92 Å². The van der Waals surface area contributed by atoms with E-state index < -0.39 is 17.3 Å². The molecule has 0 radical (unpaired) electrons. The first-order chi connectivity index (χ1) is 6.56. The molecule has 1 aliphatic carbocycles. The first-order valence-corrected chi connectivity index (χ1v) is 4.47. The summed E-state index contributed by atoms with van der Waals surface area (Å²) in [5, 5.41) is 9.38. The minimum absolute atomic E-state index is 0.359. The van der Waals surface area contributed by atoms with E-state index in [2.05, 4.69) is 4.74 Å². The topological polar surface area (TPSA) is 50.1 Å². The summed E-state index contributed by atoms with van der Waals surface area (Å²) in [5.41, 5.74) is -1.01. The number of carbonyl (C=O) groups is 1. The molecule has 1 rings (SSSR count). The van der Waals surface area contributed by atoms with Gasteiger partial charge in [-0.2, -0.15) is 5.26 Å². The molecule has 0 bridgehead atoms. The van der Waals surface area contributed by atoms with Gasteiger partial charge >= 0.3 is 5.97 Å². The van der Waals surface area contributed by atoms with Crippen LogP contribution in [0, 0.1) is 22.7 Å². The lowest BCUT2D eigenvalue weighted by atomic mass is 9.75. The molecule has 0 spiro atoms. The molecular formula is C10H10ClNO2. The average Bonchev–Trinajstić information content (AvgIpc) is 2.21. The largest absolute Gasteiger partial charge is 0.469 e. The molecule has 2 unspecified atom stereocenters. The maximum absolute atomic E-state index is 11.4. The van der Waals surface area contributed by atoms with E-state index in [0.29, 0.717) is 5.03 Å². The first-order valence-electron chi connectivity index (χ1n) is 4.10. The molecule has 4 heteroatoms. The highest BCUT2D eigenvalue weighted by Gasteiger charge is 2.42. The Hall–Kier alpha value is -1.27. The van der Waals surface area contributed by atoms with Crippen LogP contribution in [0.4, 0.5) is 0 Å². The highest BCUT2D eigenvalue weighted by molar-refractivity contribution is 6.31. The zero-order valence-electron chi connectivity index (χ0n) is 7.95. The van der Waals surface area contributed by atoms with Crippen molar-refractivity contribution in [1.29, 1.82) is 5.26 Å². The van der Waals surface area contributed by atoms with Gasteiger partial charge in [0.1, 0.15) is 5.41 Å². The molecule has 0 aliphatic heterocycles. The fraction of sp³-hybridized carbons (Fsp3) is 0.400. The van der Waals surface area contributed by atoms with Crippen molar-refractivity contribution in [2.24, 2.45) is 11.3 Å². The third-order valence-electron chi connectivity index (χ3n) is 2.35. The zero-order valence-corrected chi connectivity index (χ0v) is 8.71. The molecule has 0 fully saturated rings. The average molecular weight is 212 g/mol. The Morgan fingerprint density at radius 1 is 1.79 bits per heavy atom. The summed E-state index contributed by atoms with van der Waals surface area (Å²) in [6.07, 6.45) is 4.90. The third-order valence-corrected chi connectivity index (χ3v) is 2.87. The molecule has 1 aliphatic rings. The van der Waals surface area contributed by atoms with E-state index in [4.69, 9.17) is 16.9 Å². The predicted octanol–water partition coefficient (Wildman–Crippen LogP) is 2.00. The van der Waals surface area contributed by atoms with Crippen LogP contribution < -0.4 is 0 Å². The molecule has 2 atom stereocenters. The molecule has 14 heavy (non-hydrogen) atoms. The maximum atomic E-state index is 11.4. The number of hydrogen-bond donors (Lipinski definition) is 0. The highest BCUT2D eigenvalue weighted by Crippen LogP contribution is 2.41. The number of halogens is 1. The molecule has 74 valence electrons. The number of esters is 1. The van der Waals surface area contributed by atoms with E-state index in [1.807, 2.05) is 6.07 Å². The first kappa shape index (κ1) is 10.8. The predicted molar refractivity (Wildman–Crippen MR) is 52.3 cm³/mol. The molecule has 0 aromatic rings. The summed E-state index contributed by atoms with van der Waals surface area (Å²) >= 11 is 5.90. The lowest BCUT2D eigenvalue weighted by Gasteiger charge is -2.29. The number of nitriles is 1. The Balaban J connectivity index is 3.10. The number of carbonyl (C=O) groups excluding carboxylic acids is 1. The summed E-state index contributed by atoms with van der Waals surface area (Å²) in [4.78, 5) is 11.4. The Morgan fingerprint density at radius 2 is 2.43 bits per heavy atom. The molecule has 0 N–H and O–H groups in total. The standard InChI is InChI=1S/C10H10ClNO2/c1-10(6-12)7(9(13)14-2)4-3-5-8(10)11/h3-5,7H,1-2H3. The minimum atomic E-state index is -1.01. The summed E-state index contributed by atoms with van der Waals surface area (Å²) in [6.45, 7) is 1.62. The molecule has 0 amide bonds. The van der Waals surface area contributed by atoms with Crippen molar-refractivity contribution < 1.29 is 9.53 Å². The molecule has 0 saturated carbocycles. The van der Waals surface area contributed by atoms with E-state index in [1.165, 1.54) is 7.11 Å². The SMILES string of the molecule is COC(=O)C1C=CC=C(Cl)C1(C)C#N. The summed E-state index contributed by atoms with van der Waals surface area (Å²) in [6, 6.07) is 2.04. The van der Waals surface area contributed by atoms with Crippen LogP contribution >= 0.6 is 11.6 Å². The van der Waals surface area contributed by atoms with Crippen molar-refractivity contribution in [2.75, 3.05) is 7.11 Å². The van der Waals surface area contributed by atoms with Crippen LogP contribution in [0.5, 0.6) is 0 Å². The number of hydrogen-bond acceptors (Lipinski definition) is 3. The van der Waals surface area contributed by atoms with Gasteiger partial charge in [-0.1, -0.05) is 23.8 Å². The van der Waals surface area contributed by atoms with E-state index in [9.17, 15) is 4.79 Å². The molecule has 0 heterocycles. The Kier molecular flexibility index (Phi) is 2.97. The van der Waals surface area contributed by atoms with Gasteiger partial charge in [-0.3, -0.25) is 4.79 Å². The maximum Gasteiger partial charge on any atom is 0.314 e. The second-order valence-corrected chi connectivity index (χ2v) is 3.62. The quantitative estimate of drug-likeness (QED) is 0.624. The molecule has 3 nitrogen and oxygen atoms in total. The van der Waals surface area contributed by atoms with Gasteiger partial charge in [-0.05, 0) is 13.0 Å². The van der Waals surface area contributed by atoms with Crippen molar-refractivity contribution in [3.05, 3.63) is 23.3 Å². The van der Waals surface area contributed by atoms with Gasteiger partial charge in [-0.15, -0.1) is 0 Å². The summed E-state index contributed by atoms with van der Waals surface area (Å²) in [5.74, 6) is -1.08. The number of methoxy groups -OCH3 is 1. The van der Waals surface area contributed by atoms with Crippen LogP contribution in [0.25, 0.3) is 0 Å². The summed E-state index contributed by atoms with van der Waals surface area (Å²) in [7, 11) is 1.29. The van der Waals surface area contributed by atoms with Crippen LogP contribution in [-0.2, 0) is 9.53 Å². The van der Waals surface area contributed by atoms with E-state index in [0.717, 1.165) is 0 Å². The van der Waals surface area contributed by atoms with E-state index >= 15 is 0 Å². The Labute approximate surface area is 87.6 Å². The van der Waals surface area contributed by atoms with Crippen LogP contribution in [0.2, 0.25) is 0 Å². The van der Waals surface area contributed by atoms with Gasteiger partial charge in [0.05, 0.1) is 19.1 Å². The minimum Gasteiger partial charge on any atom is -0.469 e. The van der Waals surface area contributed by atoms with Crippen LogP contribution in [0.1, 0.15) is 6.92 Å². The Morgan fingerprint density at radius 3 is 2.93 bits per heavy atom. The van der Waals surface area contributed by atoms with E-state index in [1.54, 1.807) is 25.2 Å². The number of ether oxygens (including phenoxy) is 1. The molecule has 0 aromatic carbocycles. The van der Waals surface area contributed by atoms with Crippen LogP contribution in [-0.4, -0.2) is 13.1 Å². The van der Waals surface area contributed by atoms with Gasteiger partial charge < -0.3 is 4.74 Å². The fourth-order valence-electron chi connectivity index (χ4n) is 1.33. The van der Waals surface area contributed by atoms with Crippen molar-refractivity contribution in [3.63, 3.8) is 0 Å². The van der Waals surface area contributed by atoms with Gasteiger partial charge in [0.2, 0.25) is 0 Å². The third kappa shape index (κ3) is 1.53. The number of nitrogens with zero attached hydrogens (tertiary/aromatic N) is 1. The Bertz CT molecular complexity index is 354. The molecule has 0 aromatic heterocycles. The van der Waals surface area contributed by atoms with Crippen molar-refractivity contribution >= 4 is 17.6 Å². The lowest BCUT2D eigenvalue weighted by Crippen LogP contribution is -2.33.